The molecule has 1 aromatic carbocycles. The number of rotatable bonds is 7. The van der Waals surface area contributed by atoms with Gasteiger partial charge in [-0.25, -0.2) is 4.79 Å². The summed E-state index contributed by atoms with van der Waals surface area (Å²) in [6.07, 6.45) is 0. The zero-order chi connectivity index (χ0) is 16.7. The molecule has 1 aliphatic rings. The lowest BCUT2D eigenvalue weighted by Crippen LogP contribution is -2.37. The van der Waals surface area contributed by atoms with Crippen molar-refractivity contribution in [2.75, 3.05) is 32.8 Å². The zero-order valence-electron chi connectivity index (χ0n) is 12.7. The van der Waals surface area contributed by atoms with Gasteiger partial charge in [-0.1, -0.05) is 18.2 Å². The first-order chi connectivity index (χ1) is 11.1. The van der Waals surface area contributed by atoms with Crippen LogP contribution < -0.4 is 16.0 Å². The van der Waals surface area contributed by atoms with Gasteiger partial charge in [-0.15, -0.1) is 0 Å². The highest BCUT2D eigenvalue weighted by Gasteiger charge is 2.19. The van der Waals surface area contributed by atoms with E-state index in [1.54, 1.807) is 29.2 Å². The molecule has 4 amide bonds. The maximum Gasteiger partial charge on any atom is 0.317 e. The Morgan fingerprint density at radius 3 is 2.74 bits per heavy atom. The monoisotopic (exact) mass is 320 g/mol. The van der Waals surface area contributed by atoms with Gasteiger partial charge in [-0.2, -0.15) is 0 Å². The summed E-state index contributed by atoms with van der Waals surface area (Å²) < 4.78 is 0. The van der Waals surface area contributed by atoms with Gasteiger partial charge in [0.15, 0.2) is 0 Å². The number of hydrogen-bond donors (Lipinski definition) is 4. The van der Waals surface area contributed by atoms with Crippen molar-refractivity contribution in [2.24, 2.45) is 0 Å². The van der Waals surface area contributed by atoms with Gasteiger partial charge in [0.05, 0.1) is 0 Å². The van der Waals surface area contributed by atoms with Crippen molar-refractivity contribution in [3.63, 3.8) is 0 Å². The van der Waals surface area contributed by atoms with Crippen molar-refractivity contribution < 1.29 is 19.5 Å². The molecule has 1 saturated heterocycles. The predicted octanol–water partition coefficient (Wildman–Crippen LogP) is -0.950. The molecule has 0 aliphatic carbocycles. The van der Waals surface area contributed by atoms with E-state index in [1.165, 1.54) is 0 Å². The predicted molar refractivity (Wildman–Crippen MR) is 82.7 cm³/mol. The molecule has 124 valence electrons. The normalized spacial score (nSPS) is 13.6. The number of benzene rings is 1. The van der Waals surface area contributed by atoms with Gasteiger partial charge >= 0.3 is 6.03 Å². The molecule has 0 saturated carbocycles. The van der Waals surface area contributed by atoms with E-state index in [2.05, 4.69) is 16.0 Å². The lowest BCUT2D eigenvalue weighted by molar-refractivity contribution is -0.123. The highest BCUT2D eigenvalue weighted by Crippen LogP contribution is 2.08. The van der Waals surface area contributed by atoms with E-state index in [4.69, 9.17) is 5.11 Å². The molecule has 1 aliphatic heterocycles. The number of nitrogens with one attached hydrogen (secondary N) is 3. The Labute approximate surface area is 133 Å². The Morgan fingerprint density at radius 2 is 2.04 bits per heavy atom. The molecule has 8 nitrogen and oxygen atoms in total. The average molecular weight is 320 g/mol. The Hall–Kier alpha value is -2.61. The molecule has 0 spiro atoms. The minimum atomic E-state index is -0.591. The highest BCUT2D eigenvalue weighted by molar-refractivity contribution is 5.95. The second-order valence-electron chi connectivity index (χ2n) is 5.07. The van der Waals surface area contributed by atoms with E-state index in [9.17, 15) is 14.4 Å². The van der Waals surface area contributed by atoms with Crippen molar-refractivity contribution in [1.82, 2.24) is 20.9 Å². The summed E-state index contributed by atoms with van der Waals surface area (Å²) in [7, 11) is 0. The third-order valence-corrected chi connectivity index (χ3v) is 3.49. The van der Waals surface area contributed by atoms with E-state index in [0.717, 1.165) is 0 Å². The quantitative estimate of drug-likeness (QED) is 0.519. The first-order valence-corrected chi connectivity index (χ1v) is 7.38. The van der Waals surface area contributed by atoms with Crippen molar-refractivity contribution in [3.8, 4) is 0 Å². The number of amides is 4. The van der Waals surface area contributed by atoms with Gasteiger partial charge in [0.25, 0.3) is 5.91 Å². The minimum Gasteiger partial charge on any atom is -0.387 e. The first kappa shape index (κ1) is 16.8. The summed E-state index contributed by atoms with van der Waals surface area (Å²) in [5.41, 5.74) is 1.11. The lowest BCUT2D eigenvalue weighted by atomic mass is 10.1. The number of urea groups is 1. The topological polar surface area (TPSA) is 111 Å². The second kappa shape index (κ2) is 8.14. The largest absolute Gasteiger partial charge is 0.387 e. The number of hydrogen-bond acceptors (Lipinski definition) is 4. The van der Waals surface area contributed by atoms with Crippen LogP contribution >= 0.6 is 0 Å². The van der Waals surface area contributed by atoms with Gasteiger partial charge in [-0.3, -0.25) is 9.59 Å². The Balaban J connectivity index is 1.88. The van der Waals surface area contributed by atoms with E-state index in [0.29, 0.717) is 37.3 Å². The van der Waals surface area contributed by atoms with Crippen LogP contribution in [0.2, 0.25) is 0 Å². The van der Waals surface area contributed by atoms with Crippen LogP contribution in [0.25, 0.3) is 0 Å². The van der Waals surface area contributed by atoms with E-state index in [-0.39, 0.29) is 18.5 Å². The van der Waals surface area contributed by atoms with E-state index in [1.807, 2.05) is 0 Å². The molecule has 1 fully saturated rings. The molecule has 0 bridgehead atoms. The number of nitrogens with zero attached hydrogens (tertiary/aromatic N) is 1. The minimum absolute atomic E-state index is 0.119. The SMILES string of the molecule is O=C(CO)NCc1ccccc1C(=O)NCCN1CCNC1=O. The number of aliphatic hydroxyl groups is 1. The third kappa shape index (κ3) is 4.68. The van der Waals surface area contributed by atoms with Crippen LogP contribution in [-0.2, 0) is 11.3 Å². The summed E-state index contributed by atoms with van der Waals surface area (Å²) in [5, 5.41) is 16.7. The Bertz CT molecular complexity index is 591. The number of carbonyl (C=O) groups excluding carboxylic acids is 3. The maximum atomic E-state index is 12.2. The van der Waals surface area contributed by atoms with Crippen LogP contribution in [0, 0.1) is 0 Å². The third-order valence-electron chi connectivity index (χ3n) is 3.49. The van der Waals surface area contributed by atoms with Crippen molar-refractivity contribution in [2.45, 2.75) is 6.54 Å². The second-order valence-corrected chi connectivity index (χ2v) is 5.07. The Morgan fingerprint density at radius 1 is 1.26 bits per heavy atom. The molecule has 0 atom stereocenters. The summed E-state index contributed by atoms with van der Waals surface area (Å²) in [5.74, 6) is -0.765. The molecular weight excluding hydrogens is 300 g/mol. The lowest BCUT2D eigenvalue weighted by Gasteiger charge is -2.15. The van der Waals surface area contributed by atoms with Crippen LogP contribution in [-0.4, -0.2) is 60.6 Å². The van der Waals surface area contributed by atoms with E-state index < -0.39 is 12.5 Å². The zero-order valence-corrected chi connectivity index (χ0v) is 12.7. The smallest absolute Gasteiger partial charge is 0.317 e. The van der Waals surface area contributed by atoms with Crippen molar-refractivity contribution >= 4 is 17.8 Å². The van der Waals surface area contributed by atoms with Crippen LogP contribution in [0.3, 0.4) is 0 Å². The summed E-state index contributed by atoms with van der Waals surface area (Å²) in [6.45, 7) is 1.63. The fraction of sp³-hybridized carbons (Fsp3) is 0.400. The van der Waals surface area contributed by atoms with Gasteiger partial charge in [-0.05, 0) is 11.6 Å². The molecule has 4 N–H and O–H groups in total. The van der Waals surface area contributed by atoms with Crippen molar-refractivity contribution in [3.05, 3.63) is 35.4 Å². The van der Waals surface area contributed by atoms with Gasteiger partial charge < -0.3 is 26.0 Å². The molecule has 1 aromatic rings. The standard InChI is InChI=1S/C15H20N4O4/c20-10-13(21)18-9-11-3-1-2-4-12(11)14(22)16-5-7-19-8-6-17-15(19)23/h1-4,20H,5-10H2,(H,16,22)(H,17,23)(H,18,21). The maximum absolute atomic E-state index is 12.2. The molecule has 1 heterocycles. The summed E-state index contributed by atoms with van der Waals surface area (Å²) >= 11 is 0. The van der Waals surface area contributed by atoms with E-state index >= 15 is 0 Å². The molecule has 2 rings (SSSR count). The van der Waals surface area contributed by atoms with Gasteiger partial charge in [0.1, 0.15) is 6.61 Å². The van der Waals surface area contributed by atoms with Gasteiger partial charge in [0.2, 0.25) is 5.91 Å². The molecular formula is C15H20N4O4. The average Bonchev–Trinajstić information content (AvgIpc) is 2.98. The molecule has 23 heavy (non-hydrogen) atoms. The van der Waals surface area contributed by atoms with Crippen LogP contribution in [0.15, 0.2) is 24.3 Å². The molecule has 0 unspecified atom stereocenters. The number of carbonyl (C=O) groups is 3. The molecule has 0 radical (unpaired) electrons. The fourth-order valence-electron chi connectivity index (χ4n) is 2.27. The summed E-state index contributed by atoms with van der Waals surface area (Å²) in [6, 6.07) is 6.79. The number of aliphatic hydroxyl groups excluding tert-OH is 1. The van der Waals surface area contributed by atoms with Crippen molar-refractivity contribution in [1.29, 1.82) is 0 Å². The van der Waals surface area contributed by atoms with Gasteiger partial charge in [0, 0.05) is 38.3 Å². The van der Waals surface area contributed by atoms with Crippen LogP contribution in [0.1, 0.15) is 15.9 Å². The van der Waals surface area contributed by atoms with Crippen LogP contribution in [0.4, 0.5) is 4.79 Å². The summed E-state index contributed by atoms with van der Waals surface area (Å²) in [4.78, 5) is 36.4. The molecule has 0 aromatic heterocycles. The first-order valence-electron chi connectivity index (χ1n) is 7.38. The fourth-order valence-corrected chi connectivity index (χ4v) is 2.27. The van der Waals surface area contributed by atoms with Crippen LogP contribution in [0.5, 0.6) is 0 Å². The molecule has 8 heteroatoms. The highest BCUT2D eigenvalue weighted by atomic mass is 16.3. The Kier molecular flexibility index (Phi) is 5.93.